The number of carbonyl (C=O) groups is 1. The molecule has 1 unspecified atom stereocenters. The fourth-order valence-electron chi connectivity index (χ4n) is 6.73. The molecule has 3 heterocycles. The van der Waals surface area contributed by atoms with Crippen LogP contribution in [0.3, 0.4) is 0 Å². The van der Waals surface area contributed by atoms with Gasteiger partial charge in [-0.25, -0.2) is 0 Å². The van der Waals surface area contributed by atoms with Crippen LogP contribution in [0.15, 0.2) is 60.7 Å². The summed E-state index contributed by atoms with van der Waals surface area (Å²) >= 11 is 0. The monoisotopic (exact) mass is 462 g/mol. The van der Waals surface area contributed by atoms with E-state index in [0.29, 0.717) is 5.92 Å². The number of hydrogen-bond donors (Lipinski definition) is 0. The first kappa shape index (κ1) is 23.4. The maximum Gasteiger partial charge on any atom is 0.317 e. The second-order valence-corrected chi connectivity index (χ2v) is 10.9. The highest BCUT2D eigenvalue weighted by molar-refractivity contribution is 5.83. The van der Waals surface area contributed by atoms with Gasteiger partial charge >= 0.3 is 5.97 Å². The first-order valence-corrected chi connectivity index (χ1v) is 13.5. The van der Waals surface area contributed by atoms with Gasteiger partial charge in [0.15, 0.2) is 6.10 Å². The predicted octanol–water partition coefficient (Wildman–Crippen LogP) is 5.90. The highest BCUT2D eigenvalue weighted by Gasteiger charge is 2.50. The van der Waals surface area contributed by atoms with Gasteiger partial charge in [0, 0.05) is 25.2 Å². The van der Waals surface area contributed by atoms with Gasteiger partial charge in [-0.1, -0.05) is 74.2 Å². The van der Waals surface area contributed by atoms with Gasteiger partial charge in [0.05, 0.1) is 31.7 Å². The Morgan fingerprint density at radius 3 is 2.21 bits per heavy atom. The Morgan fingerprint density at radius 2 is 1.53 bits per heavy atom. The first-order chi connectivity index (χ1) is 16.7. The van der Waals surface area contributed by atoms with Gasteiger partial charge in [0.1, 0.15) is 12.3 Å². The van der Waals surface area contributed by atoms with Crippen molar-refractivity contribution in [2.75, 3.05) is 32.8 Å². The molecule has 4 nitrogen and oxygen atoms in total. The number of quaternary nitrogens is 1. The fourth-order valence-corrected chi connectivity index (χ4v) is 6.73. The third-order valence-corrected chi connectivity index (χ3v) is 8.76. The molecular formula is C30H40NO3+. The van der Waals surface area contributed by atoms with Crippen molar-refractivity contribution < 1.29 is 18.8 Å². The number of hydrogen-bond acceptors (Lipinski definition) is 3. The summed E-state index contributed by atoms with van der Waals surface area (Å²) < 4.78 is 13.5. The normalized spacial score (nSPS) is 28.1. The number of nitrogens with zero attached hydrogens (tertiary/aromatic N) is 1. The van der Waals surface area contributed by atoms with Crippen molar-refractivity contribution in [2.45, 2.75) is 69.3 Å². The summed E-state index contributed by atoms with van der Waals surface area (Å²) in [6, 6.07) is 20.6. The molecule has 3 saturated heterocycles. The lowest BCUT2D eigenvalue weighted by Gasteiger charge is -2.52. The van der Waals surface area contributed by atoms with Crippen molar-refractivity contribution in [1.82, 2.24) is 0 Å². The highest BCUT2D eigenvalue weighted by atomic mass is 16.5. The zero-order valence-electron chi connectivity index (χ0n) is 20.5. The average molecular weight is 463 g/mol. The van der Waals surface area contributed by atoms with Crippen molar-refractivity contribution in [3.05, 3.63) is 66.2 Å². The second-order valence-electron chi connectivity index (χ2n) is 10.9. The Hall–Kier alpha value is -2.33. The van der Waals surface area contributed by atoms with Crippen LogP contribution in [-0.2, 0) is 14.9 Å². The summed E-state index contributed by atoms with van der Waals surface area (Å²) in [5.74, 6) is 1.52. The Bertz CT molecular complexity index is 913. The van der Waals surface area contributed by atoms with E-state index in [4.69, 9.17) is 9.47 Å². The number of rotatable bonds is 8. The molecule has 2 bridgehead atoms. The van der Waals surface area contributed by atoms with Crippen LogP contribution in [0.1, 0.15) is 63.4 Å². The molecule has 34 heavy (non-hydrogen) atoms. The number of piperidine rings is 3. The van der Waals surface area contributed by atoms with Crippen molar-refractivity contribution in [3.8, 4) is 5.75 Å². The van der Waals surface area contributed by atoms with Crippen LogP contribution in [0.5, 0.6) is 5.75 Å². The number of fused-ring (bicyclic) bond motifs is 3. The van der Waals surface area contributed by atoms with Crippen LogP contribution in [0.25, 0.3) is 0 Å². The number of benzene rings is 2. The van der Waals surface area contributed by atoms with Gasteiger partial charge in [0.25, 0.3) is 0 Å². The quantitative estimate of drug-likeness (QED) is 0.212. The van der Waals surface area contributed by atoms with E-state index in [2.05, 4.69) is 24.3 Å². The lowest BCUT2D eigenvalue weighted by molar-refractivity contribution is -0.946. The largest absolute Gasteiger partial charge is 0.493 e. The second kappa shape index (κ2) is 10.5. The van der Waals surface area contributed by atoms with Crippen LogP contribution in [0.4, 0.5) is 0 Å². The molecule has 6 rings (SSSR count). The van der Waals surface area contributed by atoms with Gasteiger partial charge in [-0.3, -0.25) is 4.79 Å². The molecule has 182 valence electrons. The Balaban J connectivity index is 1.23. The molecule has 0 radical (unpaired) electrons. The minimum absolute atomic E-state index is 0.0462. The summed E-state index contributed by atoms with van der Waals surface area (Å²) in [5.41, 5.74) is 0.697. The molecule has 1 saturated carbocycles. The molecule has 4 aliphatic rings. The summed E-state index contributed by atoms with van der Waals surface area (Å²) in [4.78, 5) is 13.9. The van der Waals surface area contributed by atoms with Gasteiger partial charge < -0.3 is 14.0 Å². The van der Waals surface area contributed by atoms with Gasteiger partial charge in [-0.15, -0.1) is 0 Å². The van der Waals surface area contributed by atoms with Crippen LogP contribution >= 0.6 is 0 Å². The SMILES string of the molecule is O=C(OC1C[N+]2(CCCOc3ccccc3)CCC1CC2)C1(c2ccccc2)CCCCCC1. The van der Waals surface area contributed by atoms with E-state index in [0.717, 1.165) is 67.6 Å². The summed E-state index contributed by atoms with van der Waals surface area (Å²) in [6.45, 7) is 5.26. The molecule has 1 atom stereocenters. The van der Waals surface area contributed by atoms with E-state index in [1.165, 1.54) is 38.8 Å². The topological polar surface area (TPSA) is 35.5 Å². The van der Waals surface area contributed by atoms with E-state index >= 15 is 0 Å². The maximum atomic E-state index is 13.9. The third kappa shape index (κ3) is 5.02. The fraction of sp³-hybridized carbons (Fsp3) is 0.567. The molecule has 3 aliphatic heterocycles. The predicted molar refractivity (Wildman–Crippen MR) is 135 cm³/mol. The Morgan fingerprint density at radius 1 is 0.882 bits per heavy atom. The maximum absolute atomic E-state index is 13.9. The van der Waals surface area contributed by atoms with E-state index in [-0.39, 0.29) is 12.1 Å². The number of para-hydroxylation sites is 1. The standard InChI is InChI=1S/C30H40NO3/c32-29(30(18-9-1-2-10-19-30)26-12-5-3-6-13-26)34-28-24-31(21-16-25(28)17-22-31)20-11-23-33-27-14-7-4-8-15-27/h3-8,12-15,25,28H,1-2,9-11,16-24H2/q+1. The third-order valence-electron chi connectivity index (χ3n) is 8.76. The zero-order chi connectivity index (χ0) is 23.3. The number of esters is 1. The summed E-state index contributed by atoms with van der Waals surface area (Å²) in [5, 5.41) is 0. The lowest BCUT2D eigenvalue weighted by atomic mass is 9.74. The van der Waals surface area contributed by atoms with Gasteiger partial charge in [-0.2, -0.15) is 0 Å². The van der Waals surface area contributed by atoms with E-state index in [9.17, 15) is 4.79 Å². The van der Waals surface area contributed by atoms with E-state index in [1.54, 1.807) is 0 Å². The van der Waals surface area contributed by atoms with Crippen molar-refractivity contribution in [3.63, 3.8) is 0 Å². The minimum atomic E-state index is -0.460. The van der Waals surface area contributed by atoms with Gasteiger partial charge in [-0.05, 0) is 30.5 Å². The first-order valence-electron chi connectivity index (χ1n) is 13.5. The molecule has 0 spiro atoms. The lowest BCUT2D eigenvalue weighted by Crippen LogP contribution is -2.65. The van der Waals surface area contributed by atoms with Crippen LogP contribution in [0.2, 0.25) is 0 Å². The Labute approximate surface area is 204 Å². The highest BCUT2D eigenvalue weighted by Crippen LogP contribution is 2.42. The van der Waals surface area contributed by atoms with Crippen LogP contribution in [0, 0.1) is 5.92 Å². The number of carbonyl (C=O) groups excluding carboxylic acids is 1. The average Bonchev–Trinajstić information content (AvgIpc) is 3.16. The zero-order valence-corrected chi connectivity index (χ0v) is 20.5. The van der Waals surface area contributed by atoms with Crippen LogP contribution < -0.4 is 4.74 Å². The molecule has 0 aromatic heterocycles. The molecule has 0 amide bonds. The van der Waals surface area contributed by atoms with E-state index in [1.807, 2.05) is 36.4 Å². The molecule has 2 aromatic rings. The molecule has 0 N–H and O–H groups in total. The van der Waals surface area contributed by atoms with Crippen molar-refractivity contribution >= 4 is 5.97 Å². The van der Waals surface area contributed by atoms with Crippen molar-refractivity contribution in [1.29, 1.82) is 0 Å². The molecule has 2 aromatic carbocycles. The number of ether oxygens (including phenoxy) is 2. The minimum Gasteiger partial charge on any atom is -0.493 e. The Kier molecular flexibility index (Phi) is 7.24. The summed E-state index contributed by atoms with van der Waals surface area (Å²) in [6.07, 6.45) is 9.96. The summed E-state index contributed by atoms with van der Waals surface area (Å²) in [7, 11) is 0. The molecular weight excluding hydrogens is 422 g/mol. The van der Waals surface area contributed by atoms with Gasteiger partial charge in [0.2, 0.25) is 0 Å². The smallest absolute Gasteiger partial charge is 0.317 e. The molecule has 4 heteroatoms. The van der Waals surface area contributed by atoms with Crippen molar-refractivity contribution in [2.24, 2.45) is 5.92 Å². The van der Waals surface area contributed by atoms with Crippen LogP contribution in [-0.4, -0.2) is 49.3 Å². The van der Waals surface area contributed by atoms with E-state index < -0.39 is 5.41 Å². The molecule has 4 fully saturated rings. The molecule has 1 aliphatic carbocycles.